The van der Waals surface area contributed by atoms with Gasteiger partial charge in [-0.25, -0.2) is 13.1 Å². The Morgan fingerprint density at radius 1 is 1.17 bits per heavy atom. The molecular formula is C15H22ClN3O3S. The second-order valence-corrected chi connectivity index (χ2v) is 7.80. The smallest absolute Gasteiger partial charge is 0.253 e. The number of hydrogen-bond donors (Lipinski definition) is 2. The third kappa shape index (κ3) is 3.85. The summed E-state index contributed by atoms with van der Waals surface area (Å²) in [6.45, 7) is 1.48. The molecule has 1 amide bonds. The van der Waals surface area contributed by atoms with Crippen molar-refractivity contribution in [3.8, 4) is 0 Å². The predicted molar refractivity (Wildman–Crippen MR) is 90.4 cm³/mol. The average molecular weight is 360 g/mol. The van der Waals surface area contributed by atoms with Crippen LogP contribution in [0.5, 0.6) is 0 Å². The van der Waals surface area contributed by atoms with Crippen molar-refractivity contribution in [2.45, 2.75) is 36.2 Å². The minimum Gasteiger partial charge on any atom is -0.337 e. The van der Waals surface area contributed by atoms with Gasteiger partial charge in [-0.05, 0) is 50.6 Å². The van der Waals surface area contributed by atoms with Crippen LogP contribution in [0.25, 0.3) is 0 Å². The van der Waals surface area contributed by atoms with E-state index in [1.165, 1.54) is 25.6 Å². The van der Waals surface area contributed by atoms with Crippen LogP contribution in [0, 0.1) is 0 Å². The number of hydrogen-bond acceptors (Lipinski definition) is 4. The topological polar surface area (TPSA) is 78.5 Å². The van der Waals surface area contributed by atoms with Gasteiger partial charge in [0.15, 0.2) is 0 Å². The second kappa shape index (κ2) is 7.17. The summed E-state index contributed by atoms with van der Waals surface area (Å²) in [5.41, 5.74) is 0.535. The van der Waals surface area contributed by atoms with Crippen molar-refractivity contribution in [2.24, 2.45) is 0 Å². The van der Waals surface area contributed by atoms with Gasteiger partial charge < -0.3 is 10.2 Å². The van der Waals surface area contributed by atoms with Crippen molar-refractivity contribution in [1.82, 2.24) is 14.9 Å². The van der Waals surface area contributed by atoms with E-state index in [0.29, 0.717) is 17.6 Å². The molecule has 1 aromatic rings. The van der Waals surface area contributed by atoms with Crippen LogP contribution < -0.4 is 10.0 Å². The van der Waals surface area contributed by atoms with E-state index in [9.17, 15) is 13.2 Å². The molecule has 2 atom stereocenters. The number of nitrogens with zero attached hydrogens (tertiary/aromatic N) is 1. The summed E-state index contributed by atoms with van der Waals surface area (Å²) in [6, 6.07) is 7.04. The van der Waals surface area contributed by atoms with Crippen LogP contribution >= 0.6 is 12.4 Å². The zero-order valence-corrected chi connectivity index (χ0v) is 14.6. The number of carbonyl (C=O) groups is 1. The highest BCUT2D eigenvalue weighted by molar-refractivity contribution is 7.89. The molecule has 8 heteroatoms. The van der Waals surface area contributed by atoms with Crippen molar-refractivity contribution >= 4 is 28.3 Å². The fourth-order valence-corrected chi connectivity index (χ4v) is 3.93. The number of rotatable bonds is 3. The largest absolute Gasteiger partial charge is 0.337 e. The second-order valence-electron chi connectivity index (χ2n) is 5.91. The summed E-state index contributed by atoms with van der Waals surface area (Å²) in [4.78, 5) is 14.6. The van der Waals surface area contributed by atoms with E-state index in [-0.39, 0.29) is 23.2 Å². The maximum atomic E-state index is 12.6. The first-order valence-electron chi connectivity index (χ1n) is 7.58. The molecule has 0 saturated carbocycles. The molecule has 2 saturated heterocycles. The lowest BCUT2D eigenvalue weighted by atomic mass is 10.1. The van der Waals surface area contributed by atoms with Gasteiger partial charge in [-0.1, -0.05) is 0 Å². The van der Waals surface area contributed by atoms with E-state index >= 15 is 0 Å². The third-order valence-electron chi connectivity index (χ3n) is 4.49. The molecule has 3 rings (SSSR count). The first-order valence-corrected chi connectivity index (χ1v) is 9.07. The Balaban J connectivity index is 0.00000192. The Kier molecular flexibility index (Phi) is 5.67. The Morgan fingerprint density at radius 3 is 2.48 bits per heavy atom. The Hall–Kier alpha value is -1.15. The van der Waals surface area contributed by atoms with Gasteiger partial charge in [0.2, 0.25) is 10.0 Å². The highest BCUT2D eigenvalue weighted by atomic mass is 35.5. The molecule has 0 aliphatic carbocycles. The third-order valence-corrected chi connectivity index (χ3v) is 5.92. The van der Waals surface area contributed by atoms with Crippen molar-refractivity contribution in [3.63, 3.8) is 0 Å². The summed E-state index contributed by atoms with van der Waals surface area (Å²) >= 11 is 0. The van der Waals surface area contributed by atoms with E-state index in [2.05, 4.69) is 10.0 Å². The first kappa shape index (κ1) is 18.2. The molecule has 2 unspecified atom stereocenters. The lowest BCUT2D eigenvalue weighted by molar-refractivity contribution is 0.0748. The standard InChI is InChI=1S/C15H21N3O3S.ClH/c1-16-22(20,21)14-6-2-11(3-7-14)15(19)18-9-8-12-4-5-13(10-18)17-12;/h2-3,6-7,12-13,16-17H,4-5,8-10H2,1H3;1H. The number of fused-ring (bicyclic) bond motifs is 2. The lowest BCUT2D eigenvalue weighted by Gasteiger charge is -2.24. The molecule has 1 aromatic carbocycles. The van der Waals surface area contributed by atoms with E-state index in [1.54, 1.807) is 12.1 Å². The number of carbonyl (C=O) groups excluding carboxylic acids is 1. The van der Waals surface area contributed by atoms with Crippen LogP contribution in [0.15, 0.2) is 29.2 Å². The van der Waals surface area contributed by atoms with Crippen molar-refractivity contribution < 1.29 is 13.2 Å². The molecule has 2 N–H and O–H groups in total. The summed E-state index contributed by atoms with van der Waals surface area (Å²) in [5, 5.41) is 3.54. The lowest BCUT2D eigenvalue weighted by Crippen LogP contribution is -2.39. The summed E-state index contributed by atoms with van der Waals surface area (Å²) in [7, 11) is -2.09. The van der Waals surface area contributed by atoms with Crippen LogP contribution in [-0.2, 0) is 10.0 Å². The minimum atomic E-state index is -3.46. The summed E-state index contributed by atoms with van der Waals surface area (Å²) in [6.07, 6.45) is 3.30. The molecule has 0 radical (unpaired) electrons. The monoisotopic (exact) mass is 359 g/mol. The number of likely N-dealkylation sites (tertiary alicyclic amines) is 1. The van der Waals surface area contributed by atoms with Crippen molar-refractivity contribution in [2.75, 3.05) is 20.1 Å². The Bertz CT molecular complexity index is 663. The molecule has 0 aromatic heterocycles. The van der Waals surface area contributed by atoms with Gasteiger partial charge >= 0.3 is 0 Å². The van der Waals surface area contributed by atoms with Gasteiger partial charge in [-0.3, -0.25) is 4.79 Å². The van der Waals surface area contributed by atoms with Crippen LogP contribution in [0.2, 0.25) is 0 Å². The van der Waals surface area contributed by atoms with E-state index in [4.69, 9.17) is 0 Å². The number of sulfonamides is 1. The maximum absolute atomic E-state index is 12.6. The molecule has 23 heavy (non-hydrogen) atoms. The molecule has 2 heterocycles. The quantitative estimate of drug-likeness (QED) is 0.843. The van der Waals surface area contributed by atoms with Crippen molar-refractivity contribution in [1.29, 1.82) is 0 Å². The number of halogens is 1. The molecule has 0 spiro atoms. The predicted octanol–water partition coefficient (Wildman–Crippen LogP) is 0.983. The van der Waals surface area contributed by atoms with Crippen LogP contribution in [-0.4, -0.2) is 51.4 Å². The molecule has 2 fully saturated rings. The van der Waals surface area contributed by atoms with Crippen LogP contribution in [0.3, 0.4) is 0 Å². The molecular weight excluding hydrogens is 338 g/mol. The first-order chi connectivity index (χ1) is 10.5. The van der Waals surface area contributed by atoms with E-state index < -0.39 is 10.0 Å². The number of nitrogens with one attached hydrogen (secondary N) is 2. The van der Waals surface area contributed by atoms with E-state index in [1.807, 2.05) is 4.90 Å². The Morgan fingerprint density at radius 2 is 1.83 bits per heavy atom. The zero-order valence-electron chi connectivity index (χ0n) is 13.0. The Labute approximate surface area is 143 Å². The fraction of sp³-hybridized carbons (Fsp3) is 0.533. The molecule has 2 aliphatic rings. The van der Waals surface area contributed by atoms with Gasteiger partial charge in [0.05, 0.1) is 4.90 Å². The van der Waals surface area contributed by atoms with Gasteiger partial charge in [-0.15, -0.1) is 12.4 Å². The number of benzene rings is 1. The van der Waals surface area contributed by atoms with Crippen LogP contribution in [0.4, 0.5) is 0 Å². The van der Waals surface area contributed by atoms with Gasteiger partial charge in [-0.2, -0.15) is 0 Å². The molecule has 6 nitrogen and oxygen atoms in total. The normalized spacial score (nSPS) is 24.0. The zero-order chi connectivity index (χ0) is 15.7. The number of amides is 1. The van der Waals surface area contributed by atoms with Gasteiger partial charge in [0, 0.05) is 30.7 Å². The highest BCUT2D eigenvalue weighted by Crippen LogP contribution is 2.22. The minimum absolute atomic E-state index is 0. The maximum Gasteiger partial charge on any atom is 0.253 e. The van der Waals surface area contributed by atoms with Crippen molar-refractivity contribution in [3.05, 3.63) is 29.8 Å². The van der Waals surface area contributed by atoms with Crippen LogP contribution in [0.1, 0.15) is 29.6 Å². The van der Waals surface area contributed by atoms with Gasteiger partial charge in [0.1, 0.15) is 0 Å². The van der Waals surface area contributed by atoms with E-state index in [0.717, 1.165) is 25.9 Å². The molecule has 2 bridgehead atoms. The summed E-state index contributed by atoms with van der Waals surface area (Å²) in [5.74, 6) is -0.0252. The molecule has 2 aliphatic heterocycles. The molecule has 128 valence electrons. The summed E-state index contributed by atoms with van der Waals surface area (Å²) < 4.78 is 25.7. The highest BCUT2D eigenvalue weighted by Gasteiger charge is 2.31. The van der Waals surface area contributed by atoms with Gasteiger partial charge in [0.25, 0.3) is 5.91 Å². The average Bonchev–Trinajstić information content (AvgIpc) is 2.86. The SMILES string of the molecule is CNS(=O)(=O)c1ccc(C(=O)N2CCC3CCC(C2)N3)cc1.Cl. The fourth-order valence-electron chi connectivity index (χ4n) is 3.20.